The van der Waals surface area contributed by atoms with Gasteiger partial charge in [-0.05, 0) is 49.4 Å². The summed E-state index contributed by atoms with van der Waals surface area (Å²) in [5.41, 5.74) is 8.31. The van der Waals surface area contributed by atoms with Gasteiger partial charge in [-0.2, -0.15) is 0 Å². The van der Waals surface area contributed by atoms with Crippen LogP contribution in [-0.2, 0) is 4.79 Å². The maximum absolute atomic E-state index is 11.6. The van der Waals surface area contributed by atoms with Gasteiger partial charge < -0.3 is 10.6 Å². The van der Waals surface area contributed by atoms with E-state index in [1.807, 2.05) is 42.2 Å². The van der Waals surface area contributed by atoms with Crippen molar-refractivity contribution in [2.24, 2.45) is 5.73 Å². The number of anilines is 1. The number of hydrogen-bond acceptors (Lipinski definition) is 3. The Kier molecular flexibility index (Phi) is 4.60. The molecule has 122 valence electrons. The number of primary amides is 1. The highest BCUT2D eigenvalue weighted by Gasteiger charge is 2.27. The van der Waals surface area contributed by atoms with Gasteiger partial charge >= 0.3 is 0 Å². The lowest BCUT2D eigenvalue weighted by Gasteiger charge is -2.34. The van der Waals surface area contributed by atoms with E-state index in [0.29, 0.717) is 15.8 Å². The van der Waals surface area contributed by atoms with E-state index in [1.165, 1.54) is 0 Å². The predicted octanol–water partition coefficient (Wildman–Crippen LogP) is 4.10. The standard InChI is InChI=1S/C18H15Cl2N3O/c1-11-13(18(21)24)6-8-17(20)23(11)12-5-7-15(19)14(10-12)16-4-2-3-9-22-16/h2-11H,1H3,(H2,21,24). The molecule has 0 saturated carbocycles. The molecule has 3 rings (SSSR count). The third-order valence-electron chi connectivity index (χ3n) is 3.92. The Labute approximate surface area is 150 Å². The summed E-state index contributed by atoms with van der Waals surface area (Å²) in [4.78, 5) is 17.8. The minimum absolute atomic E-state index is 0.280. The number of benzene rings is 1. The van der Waals surface area contributed by atoms with Gasteiger partial charge in [0.15, 0.2) is 0 Å². The summed E-state index contributed by atoms with van der Waals surface area (Å²) < 4.78 is 0. The molecule has 0 bridgehead atoms. The molecule has 1 aliphatic rings. The van der Waals surface area contributed by atoms with Gasteiger partial charge in [0.05, 0.1) is 16.8 Å². The zero-order valence-electron chi connectivity index (χ0n) is 12.9. The number of rotatable bonds is 3. The van der Waals surface area contributed by atoms with Crippen LogP contribution in [0.25, 0.3) is 11.3 Å². The third-order valence-corrected chi connectivity index (χ3v) is 4.56. The average Bonchev–Trinajstić information content (AvgIpc) is 2.56. The van der Waals surface area contributed by atoms with Crippen molar-refractivity contribution in [1.82, 2.24) is 4.98 Å². The van der Waals surface area contributed by atoms with Crippen LogP contribution in [-0.4, -0.2) is 16.9 Å². The highest BCUT2D eigenvalue weighted by atomic mass is 35.5. The minimum Gasteiger partial charge on any atom is -0.366 e. The summed E-state index contributed by atoms with van der Waals surface area (Å²) in [5, 5.41) is 1.09. The van der Waals surface area contributed by atoms with Crippen molar-refractivity contribution in [3.05, 3.63) is 70.5 Å². The molecule has 1 aromatic heterocycles. The predicted molar refractivity (Wildman–Crippen MR) is 97.8 cm³/mol. The van der Waals surface area contributed by atoms with Crippen LogP contribution in [0.4, 0.5) is 5.69 Å². The Morgan fingerprint density at radius 2 is 2.00 bits per heavy atom. The van der Waals surface area contributed by atoms with Gasteiger partial charge in [-0.15, -0.1) is 0 Å². The van der Waals surface area contributed by atoms with E-state index in [0.717, 1.165) is 16.9 Å². The number of nitrogens with zero attached hydrogens (tertiary/aromatic N) is 2. The van der Waals surface area contributed by atoms with E-state index in [4.69, 9.17) is 28.9 Å². The number of nitrogens with two attached hydrogens (primary N) is 1. The molecule has 0 saturated heterocycles. The Bertz CT molecular complexity index is 847. The third kappa shape index (κ3) is 3.03. The quantitative estimate of drug-likeness (QED) is 0.839. The fraction of sp³-hybridized carbons (Fsp3) is 0.111. The number of aromatic nitrogens is 1. The Morgan fingerprint density at radius 3 is 2.67 bits per heavy atom. The van der Waals surface area contributed by atoms with E-state index in [9.17, 15) is 4.79 Å². The Morgan fingerprint density at radius 1 is 1.21 bits per heavy atom. The summed E-state index contributed by atoms with van der Waals surface area (Å²) in [7, 11) is 0. The van der Waals surface area contributed by atoms with Crippen molar-refractivity contribution in [3.63, 3.8) is 0 Å². The normalized spacial score (nSPS) is 17.3. The highest BCUT2D eigenvalue weighted by molar-refractivity contribution is 6.33. The molecule has 1 amide bonds. The number of allylic oxidation sites excluding steroid dienone is 2. The maximum atomic E-state index is 11.6. The van der Waals surface area contributed by atoms with Gasteiger partial charge in [-0.25, -0.2) is 0 Å². The first kappa shape index (κ1) is 16.6. The van der Waals surface area contributed by atoms with Crippen LogP contribution in [0.15, 0.2) is 65.5 Å². The van der Waals surface area contributed by atoms with Gasteiger partial charge in [-0.3, -0.25) is 9.78 Å². The number of pyridine rings is 1. The van der Waals surface area contributed by atoms with E-state index < -0.39 is 5.91 Å². The first-order valence-electron chi connectivity index (χ1n) is 7.36. The molecule has 2 N–H and O–H groups in total. The van der Waals surface area contributed by atoms with Crippen molar-refractivity contribution in [2.45, 2.75) is 13.0 Å². The zero-order chi connectivity index (χ0) is 17.3. The second-order valence-electron chi connectivity index (χ2n) is 5.40. The maximum Gasteiger partial charge on any atom is 0.246 e. The van der Waals surface area contributed by atoms with Crippen LogP contribution in [0.5, 0.6) is 0 Å². The minimum atomic E-state index is -0.466. The fourth-order valence-electron chi connectivity index (χ4n) is 2.72. The molecule has 0 fully saturated rings. The van der Waals surface area contributed by atoms with Crippen LogP contribution in [0.1, 0.15) is 6.92 Å². The summed E-state index contributed by atoms with van der Waals surface area (Å²) >= 11 is 12.7. The van der Waals surface area contributed by atoms with E-state index in [1.54, 1.807) is 24.4 Å². The molecule has 1 atom stereocenters. The smallest absolute Gasteiger partial charge is 0.246 e. The number of amides is 1. The van der Waals surface area contributed by atoms with Gasteiger partial charge in [0, 0.05) is 23.0 Å². The second-order valence-corrected chi connectivity index (χ2v) is 6.20. The van der Waals surface area contributed by atoms with Gasteiger partial charge in [0.1, 0.15) is 5.16 Å². The van der Waals surface area contributed by atoms with Gasteiger partial charge in [0.25, 0.3) is 0 Å². The lowest BCUT2D eigenvalue weighted by atomic mass is 10.0. The van der Waals surface area contributed by atoms with Crippen LogP contribution < -0.4 is 10.6 Å². The molecule has 0 spiro atoms. The summed E-state index contributed by atoms with van der Waals surface area (Å²) in [5.74, 6) is -0.466. The largest absolute Gasteiger partial charge is 0.366 e. The SMILES string of the molecule is CC1C(C(N)=O)=CC=C(Cl)N1c1ccc(Cl)c(-c2ccccn2)c1. The molecule has 24 heavy (non-hydrogen) atoms. The van der Waals surface area contributed by atoms with Crippen molar-refractivity contribution in [3.8, 4) is 11.3 Å². The summed E-state index contributed by atoms with van der Waals surface area (Å²) in [6.45, 7) is 1.88. The van der Waals surface area contributed by atoms with Crippen molar-refractivity contribution in [1.29, 1.82) is 0 Å². The van der Waals surface area contributed by atoms with Crippen LogP contribution in [0.2, 0.25) is 5.02 Å². The summed E-state index contributed by atoms with van der Waals surface area (Å²) in [6, 6.07) is 10.9. The molecule has 0 radical (unpaired) electrons. The monoisotopic (exact) mass is 359 g/mol. The lowest BCUT2D eigenvalue weighted by Crippen LogP contribution is -2.38. The first-order chi connectivity index (χ1) is 11.5. The molecular weight excluding hydrogens is 345 g/mol. The molecule has 4 nitrogen and oxygen atoms in total. The van der Waals surface area contributed by atoms with Crippen LogP contribution in [0.3, 0.4) is 0 Å². The average molecular weight is 360 g/mol. The van der Waals surface area contributed by atoms with Gasteiger partial charge in [0.2, 0.25) is 5.91 Å². The Balaban J connectivity index is 2.06. The van der Waals surface area contributed by atoms with E-state index >= 15 is 0 Å². The lowest BCUT2D eigenvalue weighted by molar-refractivity contribution is -0.114. The Hall–Kier alpha value is -2.30. The molecule has 1 aromatic carbocycles. The fourth-order valence-corrected chi connectivity index (χ4v) is 3.24. The molecule has 6 heteroatoms. The second kappa shape index (κ2) is 6.67. The zero-order valence-corrected chi connectivity index (χ0v) is 14.4. The van der Waals surface area contributed by atoms with Gasteiger partial charge in [-0.1, -0.05) is 29.3 Å². The molecule has 2 heterocycles. The topological polar surface area (TPSA) is 59.2 Å². The highest BCUT2D eigenvalue weighted by Crippen LogP contribution is 2.36. The van der Waals surface area contributed by atoms with Crippen LogP contribution >= 0.6 is 23.2 Å². The number of hydrogen-bond donors (Lipinski definition) is 1. The van der Waals surface area contributed by atoms with Crippen molar-refractivity contribution in [2.75, 3.05) is 4.90 Å². The van der Waals surface area contributed by atoms with Crippen molar-refractivity contribution >= 4 is 34.8 Å². The molecule has 1 aliphatic heterocycles. The molecule has 0 aliphatic carbocycles. The summed E-state index contributed by atoms with van der Waals surface area (Å²) in [6.07, 6.45) is 5.03. The number of carbonyl (C=O) groups excluding carboxylic acids is 1. The number of halogens is 2. The molecular formula is C18H15Cl2N3O. The molecule has 2 aromatic rings. The number of carbonyl (C=O) groups is 1. The van der Waals surface area contributed by atoms with E-state index in [2.05, 4.69) is 4.98 Å². The van der Waals surface area contributed by atoms with Crippen molar-refractivity contribution < 1.29 is 4.79 Å². The van der Waals surface area contributed by atoms with E-state index in [-0.39, 0.29) is 6.04 Å². The van der Waals surface area contributed by atoms with Crippen LogP contribution in [0, 0.1) is 0 Å². The molecule has 1 unspecified atom stereocenters. The first-order valence-corrected chi connectivity index (χ1v) is 8.12.